The van der Waals surface area contributed by atoms with Gasteiger partial charge < -0.3 is 9.53 Å². The smallest absolute Gasteiger partial charge is 0.335 e. The van der Waals surface area contributed by atoms with Crippen molar-refractivity contribution in [3.63, 3.8) is 0 Å². The molecule has 22 heavy (non-hydrogen) atoms. The second-order valence-corrected chi connectivity index (χ2v) is 11.8. The molecule has 0 spiro atoms. The quantitative estimate of drug-likeness (QED) is 0.439. The summed E-state index contributed by atoms with van der Waals surface area (Å²) < 4.78 is 6.10. The van der Waals surface area contributed by atoms with Crippen LogP contribution in [0.1, 0.15) is 39.2 Å². The molecule has 0 aliphatic heterocycles. The molecule has 0 fully saturated rings. The number of hydrogen-bond donors (Lipinski definition) is 1. The summed E-state index contributed by atoms with van der Waals surface area (Å²) in [6.45, 7) is 11.8. The summed E-state index contributed by atoms with van der Waals surface area (Å²) in [7, 11) is -1.70. The van der Waals surface area contributed by atoms with E-state index in [1.54, 1.807) is 6.08 Å². The lowest BCUT2D eigenvalue weighted by Gasteiger charge is -2.36. The molecule has 1 N–H and O–H groups in total. The Labute approximate surface area is 135 Å². The van der Waals surface area contributed by atoms with Crippen molar-refractivity contribution in [3.05, 3.63) is 42.0 Å². The molecular formula is C18H28O3Si. The van der Waals surface area contributed by atoms with Crippen molar-refractivity contribution in [1.82, 2.24) is 0 Å². The monoisotopic (exact) mass is 320 g/mol. The van der Waals surface area contributed by atoms with Crippen molar-refractivity contribution in [3.8, 4) is 0 Å². The van der Waals surface area contributed by atoms with Gasteiger partial charge in [0.15, 0.2) is 8.32 Å². The molecule has 4 heteroatoms. The molecule has 0 aromatic heterocycles. The number of rotatable bonds is 7. The maximum Gasteiger partial charge on any atom is 0.335 e. The van der Waals surface area contributed by atoms with E-state index in [1.165, 1.54) is 0 Å². The fraction of sp³-hybridized carbons (Fsp3) is 0.500. The first-order chi connectivity index (χ1) is 10.1. The number of hydrogen-bond acceptors (Lipinski definition) is 2. The molecule has 3 nitrogen and oxygen atoms in total. The number of allylic oxidation sites excluding steroid dienone is 1. The summed E-state index contributed by atoms with van der Waals surface area (Å²) in [5.41, 5.74) is 1.12. The van der Waals surface area contributed by atoms with Crippen molar-refractivity contribution in [2.24, 2.45) is 0 Å². The maximum absolute atomic E-state index is 11.4. The molecule has 0 heterocycles. The topological polar surface area (TPSA) is 46.5 Å². The van der Waals surface area contributed by atoms with Crippen molar-refractivity contribution < 1.29 is 14.3 Å². The van der Waals surface area contributed by atoms with E-state index in [0.29, 0.717) is 18.6 Å². The zero-order chi connectivity index (χ0) is 16.8. The van der Waals surface area contributed by atoms with Crippen LogP contribution < -0.4 is 0 Å². The van der Waals surface area contributed by atoms with Crippen LogP contribution in [0.2, 0.25) is 18.1 Å². The summed E-state index contributed by atoms with van der Waals surface area (Å²) in [4.78, 5) is 11.4. The molecule has 0 saturated heterocycles. The summed E-state index contributed by atoms with van der Waals surface area (Å²) in [5.74, 6) is -0.878. The van der Waals surface area contributed by atoms with Crippen LogP contribution in [0.3, 0.4) is 0 Å². The lowest BCUT2D eigenvalue weighted by atomic mass is 10.0. The van der Waals surface area contributed by atoms with E-state index in [0.717, 1.165) is 12.0 Å². The Bertz CT molecular complexity index is 513. The van der Waals surface area contributed by atoms with Gasteiger partial charge >= 0.3 is 5.97 Å². The van der Waals surface area contributed by atoms with Gasteiger partial charge in [-0.15, -0.1) is 0 Å². The van der Waals surface area contributed by atoms with Gasteiger partial charge in [0.05, 0.1) is 5.57 Å². The molecule has 1 rings (SSSR count). The molecule has 0 amide bonds. The molecule has 0 bridgehead atoms. The average molecular weight is 321 g/mol. The van der Waals surface area contributed by atoms with Gasteiger partial charge in [-0.1, -0.05) is 57.2 Å². The summed E-state index contributed by atoms with van der Waals surface area (Å²) in [6, 6.07) is 9.24. The molecule has 0 unspecified atom stereocenters. The normalized spacial score (nSPS) is 13.2. The zero-order valence-electron chi connectivity index (χ0n) is 14.3. The van der Waals surface area contributed by atoms with E-state index < -0.39 is 14.3 Å². The number of aliphatic carboxylic acids is 1. The predicted octanol–water partition coefficient (Wildman–Crippen LogP) is 4.96. The molecule has 0 saturated carbocycles. The highest BCUT2D eigenvalue weighted by molar-refractivity contribution is 6.74. The fourth-order valence-corrected chi connectivity index (χ4v) is 2.91. The van der Waals surface area contributed by atoms with Gasteiger partial charge in [-0.05, 0) is 36.5 Å². The zero-order valence-corrected chi connectivity index (χ0v) is 15.3. The van der Waals surface area contributed by atoms with E-state index in [4.69, 9.17) is 4.43 Å². The first kappa shape index (κ1) is 18.7. The molecular weight excluding hydrogens is 292 g/mol. The van der Waals surface area contributed by atoms with Crippen molar-refractivity contribution in [1.29, 1.82) is 0 Å². The molecule has 0 radical (unpaired) electrons. The number of carboxylic acid groups (broad SMARTS) is 1. The molecule has 0 aliphatic carbocycles. The highest BCUT2D eigenvalue weighted by Crippen LogP contribution is 2.36. The Kier molecular flexibility index (Phi) is 6.57. The highest BCUT2D eigenvalue weighted by atomic mass is 28.4. The minimum atomic E-state index is -1.70. The third-order valence-electron chi connectivity index (χ3n) is 4.28. The number of benzene rings is 1. The van der Waals surface area contributed by atoms with Gasteiger partial charge in [0.1, 0.15) is 0 Å². The SMILES string of the molecule is CC(C)(C)[Si](C)(C)OCCC/C=C(/C(=O)O)c1ccccc1. The van der Waals surface area contributed by atoms with Gasteiger partial charge in [0.25, 0.3) is 0 Å². The Balaban J connectivity index is 2.55. The molecule has 122 valence electrons. The summed E-state index contributed by atoms with van der Waals surface area (Å²) in [5, 5.41) is 9.53. The van der Waals surface area contributed by atoms with Gasteiger partial charge in [0.2, 0.25) is 0 Å². The van der Waals surface area contributed by atoms with Crippen LogP contribution >= 0.6 is 0 Å². The maximum atomic E-state index is 11.4. The fourth-order valence-electron chi connectivity index (χ4n) is 1.82. The second kappa shape index (κ2) is 7.74. The van der Waals surface area contributed by atoms with Gasteiger partial charge in [-0.2, -0.15) is 0 Å². The third-order valence-corrected chi connectivity index (χ3v) is 8.82. The highest BCUT2D eigenvalue weighted by Gasteiger charge is 2.36. The van der Waals surface area contributed by atoms with E-state index in [2.05, 4.69) is 33.9 Å². The molecule has 1 aromatic carbocycles. The molecule has 0 aliphatic rings. The number of carboxylic acids is 1. The van der Waals surface area contributed by atoms with Crippen LogP contribution in [-0.2, 0) is 9.22 Å². The summed E-state index contributed by atoms with van der Waals surface area (Å²) >= 11 is 0. The van der Waals surface area contributed by atoms with Crippen LogP contribution in [0.25, 0.3) is 5.57 Å². The lowest BCUT2D eigenvalue weighted by molar-refractivity contribution is -0.130. The standard InChI is InChI=1S/C18H28O3Si/c1-18(2,3)22(4,5)21-14-10-9-13-16(17(19)20)15-11-7-6-8-12-15/h6-8,11-13H,9-10,14H2,1-5H3,(H,19,20)/b16-13+. The first-order valence-corrected chi connectivity index (χ1v) is 10.7. The average Bonchev–Trinajstić information content (AvgIpc) is 2.42. The van der Waals surface area contributed by atoms with Gasteiger partial charge in [-0.3, -0.25) is 0 Å². The molecule has 0 atom stereocenters. The van der Waals surface area contributed by atoms with Crippen molar-refractivity contribution >= 4 is 19.9 Å². The van der Waals surface area contributed by atoms with Gasteiger partial charge in [0, 0.05) is 6.61 Å². The third kappa shape index (κ3) is 5.43. The van der Waals surface area contributed by atoms with E-state index >= 15 is 0 Å². The molecule has 1 aromatic rings. The minimum Gasteiger partial charge on any atom is -0.478 e. The van der Waals surface area contributed by atoms with Gasteiger partial charge in [-0.25, -0.2) is 4.79 Å². The Morgan fingerprint density at radius 1 is 1.23 bits per heavy atom. The van der Waals surface area contributed by atoms with Crippen molar-refractivity contribution in [2.75, 3.05) is 6.61 Å². The van der Waals surface area contributed by atoms with Crippen LogP contribution in [0.15, 0.2) is 36.4 Å². The first-order valence-electron chi connectivity index (χ1n) is 7.78. The van der Waals surface area contributed by atoms with E-state index in [-0.39, 0.29) is 5.04 Å². The minimum absolute atomic E-state index is 0.207. The predicted molar refractivity (Wildman–Crippen MR) is 94.4 cm³/mol. The van der Waals surface area contributed by atoms with Crippen molar-refractivity contribution in [2.45, 2.75) is 51.7 Å². The Morgan fingerprint density at radius 2 is 1.82 bits per heavy atom. The second-order valence-electron chi connectivity index (χ2n) is 7.04. The van der Waals surface area contributed by atoms with E-state index in [1.807, 2.05) is 30.3 Å². The van der Waals surface area contributed by atoms with Crippen LogP contribution in [0.5, 0.6) is 0 Å². The number of carbonyl (C=O) groups is 1. The Morgan fingerprint density at radius 3 is 2.32 bits per heavy atom. The van der Waals surface area contributed by atoms with Crippen LogP contribution in [0.4, 0.5) is 0 Å². The lowest BCUT2D eigenvalue weighted by Crippen LogP contribution is -2.40. The number of unbranched alkanes of at least 4 members (excludes halogenated alkanes) is 1. The van der Waals surface area contributed by atoms with Crippen LogP contribution in [-0.4, -0.2) is 26.0 Å². The Hall–Kier alpha value is -1.39. The van der Waals surface area contributed by atoms with Crippen LogP contribution in [0, 0.1) is 0 Å². The largest absolute Gasteiger partial charge is 0.478 e. The van der Waals surface area contributed by atoms with E-state index in [9.17, 15) is 9.90 Å². The summed E-state index contributed by atoms with van der Waals surface area (Å²) in [6.07, 6.45) is 3.36.